The molecule has 3 aromatic rings. The van der Waals surface area contributed by atoms with Crippen LogP contribution in [0.5, 0.6) is 0 Å². The van der Waals surface area contributed by atoms with Crippen molar-refractivity contribution in [1.29, 1.82) is 0 Å². The molecule has 3 aromatic heterocycles. The number of nitrogens with zero attached hydrogens (tertiary/aromatic N) is 4. The van der Waals surface area contributed by atoms with Crippen molar-refractivity contribution in [1.82, 2.24) is 19.5 Å². The highest BCUT2D eigenvalue weighted by molar-refractivity contribution is 6.06. The van der Waals surface area contributed by atoms with Gasteiger partial charge in [-0.15, -0.1) is 0 Å². The van der Waals surface area contributed by atoms with Crippen LogP contribution in [0, 0.1) is 5.41 Å². The van der Waals surface area contributed by atoms with E-state index < -0.39 is 0 Å². The fourth-order valence-electron chi connectivity index (χ4n) is 3.69. The van der Waals surface area contributed by atoms with Crippen molar-refractivity contribution >= 4 is 27.9 Å². The molecule has 0 unspecified atom stereocenters. The summed E-state index contributed by atoms with van der Waals surface area (Å²) in [5, 5.41) is 2.23. The number of rotatable bonds is 1. The number of nitrogens with two attached hydrogens (primary N) is 1. The number of aromatic nitrogens is 4. The van der Waals surface area contributed by atoms with Gasteiger partial charge in [0.05, 0.1) is 11.7 Å². The first-order valence-corrected chi connectivity index (χ1v) is 7.91. The largest absolute Gasteiger partial charge is 0.368 e. The monoisotopic (exact) mass is 295 g/mol. The third-order valence-electron chi connectivity index (χ3n) is 5.04. The van der Waals surface area contributed by atoms with Gasteiger partial charge in [0, 0.05) is 29.2 Å². The molecule has 114 valence electrons. The van der Waals surface area contributed by atoms with E-state index in [-0.39, 0.29) is 0 Å². The number of anilines is 1. The Morgan fingerprint density at radius 2 is 1.95 bits per heavy atom. The van der Waals surface area contributed by atoms with Gasteiger partial charge in [-0.25, -0.2) is 4.98 Å². The minimum absolute atomic E-state index is 0.334. The third kappa shape index (κ3) is 2.03. The van der Waals surface area contributed by atoms with E-state index in [1.165, 1.54) is 25.7 Å². The second-order valence-electron chi connectivity index (χ2n) is 7.12. The van der Waals surface area contributed by atoms with Crippen LogP contribution in [0.1, 0.15) is 45.6 Å². The van der Waals surface area contributed by atoms with Gasteiger partial charge in [-0.1, -0.05) is 13.8 Å². The van der Waals surface area contributed by atoms with Crippen molar-refractivity contribution in [2.45, 2.75) is 45.6 Å². The van der Waals surface area contributed by atoms with Crippen LogP contribution in [0.2, 0.25) is 0 Å². The van der Waals surface area contributed by atoms with E-state index in [1.807, 2.05) is 24.7 Å². The zero-order chi connectivity index (χ0) is 15.3. The average Bonchev–Trinajstić information content (AvgIpc) is 2.81. The van der Waals surface area contributed by atoms with E-state index in [9.17, 15) is 0 Å². The van der Waals surface area contributed by atoms with Crippen LogP contribution in [0.15, 0.2) is 24.7 Å². The summed E-state index contributed by atoms with van der Waals surface area (Å²) in [4.78, 5) is 13.0. The normalized spacial score (nSPS) is 19.0. The Bertz CT molecular complexity index is 839. The molecule has 4 rings (SSSR count). The molecule has 3 heterocycles. The second-order valence-corrected chi connectivity index (χ2v) is 7.12. The van der Waals surface area contributed by atoms with Crippen LogP contribution in [-0.2, 0) is 0 Å². The molecule has 0 atom stereocenters. The third-order valence-corrected chi connectivity index (χ3v) is 5.04. The average molecular weight is 295 g/mol. The standard InChI is InChI=1S/C17H21N5/c1-17(2)6-3-11(4-7-17)22-14-10-19-8-5-12(14)13-9-20-16(18)21-15(13)22/h5,8-11H,3-4,6-7H2,1-2H3,(H2,18,20,21). The first kappa shape index (κ1) is 13.5. The Morgan fingerprint density at radius 3 is 2.73 bits per heavy atom. The molecule has 0 amide bonds. The SMILES string of the molecule is CC1(C)CCC(n2c3cnccc3c3cnc(N)nc32)CC1. The molecule has 0 radical (unpaired) electrons. The molecule has 0 saturated heterocycles. The number of hydrogen-bond donors (Lipinski definition) is 1. The lowest BCUT2D eigenvalue weighted by molar-refractivity contribution is 0.198. The Kier molecular flexibility index (Phi) is 2.86. The number of hydrogen-bond acceptors (Lipinski definition) is 4. The van der Waals surface area contributed by atoms with Crippen molar-refractivity contribution < 1.29 is 0 Å². The molecule has 0 spiro atoms. The predicted molar refractivity (Wildman–Crippen MR) is 88.5 cm³/mol. The molecule has 0 aromatic carbocycles. The summed E-state index contributed by atoms with van der Waals surface area (Å²) < 4.78 is 2.34. The minimum Gasteiger partial charge on any atom is -0.368 e. The van der Waals surface area contributed by atoms with Crippen molar-refractivity contribution in [3.8, 4) is 0 Å². The van der Waals surface area contributed by atoms with Crippen molar-refractivity contribution in [2.24, 2.45) is 5.41 Å². The highest BCUT2D eigenvalue weighted by atomic mass is 15.1. The van der Waals surface area contributed by atoms with Crippen LogP contribution in [-0.4, -0.2) is 19.5 Å². The maximum atomic E-state index is 5.84. The summed E-state index contributed by atoms with van der Waals surface area (Å²) >= 11 is 0. The Balaban J connectivity index is 1.93. The van der Waals surface area contributed by atoms with Gasteiger partial charge in [0.2, 0.25) is 5.95 Å². The van der Waals surface area contributed by atoms with Gasteiger partial charge in [0.25, 0.3) is 0 Å². The summed E-state index contributed by atoms with van der Waals surface area (Å²) in [6.07, 6.45) is 10.4. The van der Waals surface area contributed by atoms with Crippen LogP contribution in [0.25, 0.3) is 21.9 Å². The van der Waals surface area contributed by atoms with Crippen molar-refractivity contribution in [2.75, 3.05) is 5.73 Å². The predicted octanol–water partition coefficient (Wildman–Crippen LogP) is 3.70. The molecule has 0 bridgehead atoms. The molecular formula is C17H21N5. The van der Waals surface area contributed by atoms with Gasteiger partial charge >= 0.3 is 0 Å². The Hall–Kier alpha value is -2.17. The molecule has 0 aliphatic heterocycles. The molecule has 22 heavy (non-hydrogen) atoms. The summed E-state index contributed by atoms with van der Waals surface area (Å²) in [7, 11) is 0. The minimum atomic E-state index is 0.334. The van der Waals surface area contributed by atoms with Crippen molar-refractivity contribution in [3.63, 3.8) is 0 Å². The summed E-state index contributed by atoms with van der Waals surface area (Å²) in [6, 6.07) is 2.51. The quantitative estimate of drug-likeness (QED) is 0.743. The van der Waals surface area contributed by atoms with Gasteiger partial charge in [-0.2, -0.15) is 4.98 Å². The Morgan fingerprint density at radius 1 is 1.18 bits per heavy atom. The fraction of sp³-hybridized carbons (Fsp3) is 0.471. The van der Waals surface area contributed by atoms with Crippen LogP contribution in [0.3, 0.4) is 0 Å². The zero-order valence-electron chi connectivity index (χ0n) is 13.1. The lowest BCUT2D eigenvalue weighted by atomic mass is 9.75. The first-order chi connectivity index (χ1) is 10.6. The molecule has 1 saturated carbocycles. The van der Waals surface area contributed by atoms with E-state index in [0.29, 0.717) is 17.4 Å². The molecule has 1 aliphatic rings. The second kappa shape index (κ2) is 4.66. The smallest absolute Gasteiger partial charge is 0.221 e. The highest BCUT2D eigenvalue weighted by Gasteiger charge is 2.29. The first-order valence-electron chi connectivity index (χ1n) is 7.91. The topological polar surface area (TPSA) is 69.6 Å². The van der Waals surface area contributed by atoms with E-state index in [1.54, 1.807) is 0 Å². The molecule has 5 heteroatoms. The van der Waals surface area contributed by atoms with E-state index in [2.05, 4.69) is 33.4 Å². The maximum Gasteiger partial charge on any atom is 0.221 e. The lowest BCUT2D eigenvalue weighted by Gasteiger charge is -2.35. The molecule has 1 aliphatic carbocycles. The molecule has 1 fully saturated rings. The maximum absolute atomic E-state index is 5.84. The summed E-state index contributed by atoms with van der Waals surface area (Å²) in [5.41, 5.74) is 8.37. The van der Waals surface area contributed by atoms with Crippen LogP contribution < -0.4 is 5.73 Å². The van der Waals surface area contributed by atoms with Gasteiger partial charge in [0.15, 0.2) is 0 Å². The van der Waals surface area contributed by atoms with E-state index in [4.69, 9.17) is 5.73 Å². The number of nitrogen functional groups attached to an aromatic ring is 1. The summed E-state index contributed by atoms with van der Waals surface area (Å²) in [6.45, 7) is 4.72. The van der Waals surface area contributed by atoms with Gasteiger partial charge < -0.3 is 10.3 Å². The van der Waals surface area contributed by atoms with Crippen LogP contribution in [0.4, 0.5) is 5.95 Å². The van der Waals surface area contributed by atoms with Gasteiger partial charge in [-0.3, -0.25) is 4.98 Å². The Labute approximate surface area is 129 Å². The molecule has 5 nitrogen and oxygen atoms in total. The number of fused-ring (bicyclic) bond motifs is 3. The fourth-order valence-corrected chi connectivity index (χ4v) is 3.69. The van der Waals surface area contributed by atoms with E-state index >= 15 is 0 Å². The summed E-state index contributed by atoms with van der Waals surface area (Å²) in [5.74, 6) is 0.334. The highest BCUT2D eigenvalue weighted by Crippen LogP contribution is 2.43. The van der Waals surface area contributed by atoms with Gasteiger partial charge in [0.1, 0.15) is 5.65 Å². The van der Waals surface area contributed by atoms with Gasteiger partial charge in [-0.05, 0) is 37.2 Å². The zero-order valence-corrected chi connectivity index (χ0v) is 13.1. The van der Waals surface area contributed by atoms with E-state index in [0.717, 1.165) is 21.9 Å². The van der Waals surface area contributed by atoms with Crippen molar-refractivity contribution in [3.05, 3.63) is 24.7 Å². The lowest BCUT2D eigenvalue weighted by Crippen LogP contribution is -2.23. The number of pyridine rings is 1. The molecule has 2 N–H and O–H groups in total. The van der Waals surface area contributed by atoms with Crippen LogP contribution >= 0.6 is 0 Å². The molecular weight excluding hydrogens is 274 g/mol.